The van der Waals surface area contributed by atoms with Crippen molar-refractivity contribution in [3.05, 3.63) is 18.0 Å². The lowest BCUT2D eigenvalue weighted by Crippen LogP contribution is -2.32. The number of carboxylic acid groups (broad SMARTS) is 1. The monoisotopic (exact) mass is 170 g/mol. The zero-order valence-electron chi connectivity index (χ0n) is 6.65. The minimum absolute atomic E-state index is 0.455. The molecule has 5 heteroatoms. The summed E-state index contributed by atoms with van der Waals surface area (Å²) < 4.78 is 4.57. The Morgan fingerprint density at radius 1 is 1.92 bits per heavy atom. The average Bonchev–Trinajstić information content (AvgIpc) is 2.51. The molecular formula is C7H10N2O3. The Kier molecular flexibility index (Phi) is 2.82. The van der Waals surface area contributed by atoms with E-state index in [1.807, 2.05) is 0 Å². The molecule has 5 nitrogen and oxygen atoms in total. The van der Waals surface area contributed by atoms with E-state index < -0.39 is 12.0 Å². The van der Waals surface area contributed by atoms with Crippen LogP contribution in [0.2, 0.25) is 0 Å². The molecule has 1 heterocycles. The van der Waals surface area contributed by atoms with E-state index in [1.165, 1.54) is 6.26 Å². The van der Waals surface area contributed by atoms with E-state index in [2.05, 4.69) is 15.0 Å². The molecule has 0 amide bonds. The zero-order chi connectivity index (χ0) is 8.97. The second kappa shape index (κ2) is 3.87. The second-order valence-corrected chi connectivity index (χ2v) is 2.47. The fraction of sp³-hybridized carbons (Fsp3) is 0.429. The number of aromatic nitrogens is 1. The van der Waals surface area contributed by atoms with Gasteiger partial charge in [0.25, 0.3) is 0 Å². The molecule has 0 radical (unpaired) electrons. The molecular weight excluding hydrogens is 160 g/mol. The number of aliphatic carboxylic acids is 1. The van der Waals surface area contributed by atoms with Gasteiger partial charge in [-0.1, -0.05) is 5.16 Å². The van der Waals surface area contributed by atoms with E-state index in [4.69, 9.17) is 5.11 Å². The van der Waals surface area contributed by atoms with Crippen LogP contribution in [0.5, 0.6) is 0 Å². The fourth-order valence-electron chi connectivity index (χ4n) is 0.672. The highest BCUT2D eigenvalue weighted by atomic mass is 16.5. The maximum Gasteiger partial charge on any atom is 0.320 e. The first-order valence-electron chi connectivity index (χ1n) is 3.54. The molecule has 1 aromatic heterocycles. The topological polar surface area (TPSA) is 75.4 Å². The van der Waals surface area contributed by atoms with Crippen LogP contribution in [0.25, 0.3) is 0 Å². The minimum Gasteiger partial charge on any atom is -0.480 e. The van der Waals surface area contributed by atoms with Crippen LogP contribution in [-0.4, -0.2) is 22.3 Å². The van der Waals surface area contributed by atoms with Crippen molar-refractivity contribution in [2.24, 2.45) is 0 Å². The van der Waals surface area contributed by atoms with Crippen LogP contribution in [0.1, 0.15) is 12.5 Å². The van der Waals surface area contributed by atoms with E-state index in [0.29, 0.717) is 6.54 Å². The number of nitrogens with one attached hydrogen (secondary N) is 1. The van der Waals surface area contributed by atoms with Crippen LogP contribution in [0, 0.1) is 0 Å². The summed E-state index contributed by atoms with van der Waals surface area (Å²) in [6.45, 7) is 2.03. The lowest BCUT2D eigenvalue weighted by Gasteiger charge is -2.06. The van der Waals surface area contributed by atoms with Gasteiger partial charge in [-0.05, 0) is 6.92 Å². The normalized spacial score (nSPS) is 12.8. The lowest BCUT2D eigenvalue weighted by atomic mass is 10.3. The second-order valence-electron chi connectivity index (χ2n) is 2.47. The van der Waals surface area contributed by atoms with Crippen molar-refractivity contribution in [1.29, 1.82) is 0 Å². The van der Waals surface area contributed by atoms with Gasteiger partial charge in [0.1, 0.15) is 12.3 Å². The molecule has 0 fully saturated rings. The van der Waals surface area contributed by atoms with Crippen molar-refractivity contribution < 1.29 is 14.4 Å². The third kappa shape index (κ3) is 2.35. The summed E-state index contributed by atoms with van der Waals surface area (Å²) in [5.41, 5.74) is 0.836. The standard InChI is InChI=1S/C7H10N2O3/c1-5(7(10)11)8-2-6-3-9-12-4-6/h3-5,8H,2H2,1H3,(H,10,11)/t5-/m0/s1. The predicted octanol–water partition coefficient (Wildman–Crippen LogP) is 0.237. The Hall–Kier alpha value is -1.36. The smallest absolute Gasteiger partial charge is 0.320 e. The number of rotatable bonds is 4. The van der Waals surface area contributed by atoms with Crippen molar-refractivity contribution in [2.75, 3.05) is 0 Å². The summed E-state index contributed by atoms with van der Waals surface area (Å²) in [5.74, 6) is -0.869. The predicted molar refractivity (Wildman–Crippen MR) is 40.4 cm³/mol. The van der Waals surface area contributed by atoms with Crippen LogP contribution in [-0.2, 0) is 11.3 Å². The molecule has 0 unspecified atom stereocenters. The summed E-state index contributed by atoms with van der Waals surface area (Å²) in [7, 11) is 0. The van der Waals surface area contributed by atoms with E-state index in [9.17, 15) is 4.79 Å². The Bertz CT molecular complexity index is 245. The largest absolute Gasteiger partial charge is 0.480 e. The lowest BCUT2D eigenvalue weighted by molar-refractivity contribution is -0.139. The first kappa shape index (κ1) is 8.73. The molecule has 1 aromatic rings. The first-order valence-corrected chi connectivity index (χ1v) is 3.54. The van der Waals surface area contributed by atoms with Crippen molar-refractivity contribution in [1.82, 2.24) is 10.5 Å². The quantitative estimate of drug-likeness (QED) is 0.676. The van der Waals surface area contributed by atoms with Gasteiger partial charge in [-0.15, -0.1) is 0 Å². The van der Waals surface area contributed by atoms with Crippen LogP contribution >= 0.6 is 0 Å². The van der Waals surface area contributed by atoms with Gasteiger partial charge in [0.05, 0.1) is 6.20 Å². The van der Waals surface area contributed by atoms with Crippen molar-refractivity contribution >= 4 is 5.97 Å². The van der Waals surface area contributed by atoms with Gasteiger partial charge in [-0.3, -0.25) is 4.79 Å². The molecule has 0 aliphatic heterocycles. The fourth-order valence-corrected chi connectivity index (χ4v) is 0.672. The van der Waals surface area contributed by atoms with Crippen LogP contribution in [0.3, 0.4) is 0 Å². The van der Waals surface area contributed by atoms with Crippen LogP contribution < -0.4 is 5.32 Å². The van der Waals surface area contributed by atoms with Crippen molar-refractivity contribution in [3.8, 4) is 0 Å². The summed E-state index contributed by atoms with van der Waals surface area (Å²) in [6, 6.07) is -0.556. The van der Waals surface area contributed by atoms with Gasteiger partial charge in [0.15, 0.2) is 0 Å². The molecule has 0 aromatic carbocycles. The Morgan fingerprint density at radius 2 is 2.67 bits per heavy atom. The summed E-state index contributed by atoms with van der Waals surface area (Å²) in [6.07, 6.45) is 3.02. The third-order valence-electron chi connectivity index (χ3n) is 1.47. The number of hydrogen-bond acceptors (Lipinski definition) is 4. The van der Waals surface area contributed by atoms with Crippen LogP contribution in [0.4, 0.5) is 0 Å². The molecule has 12 heavy (non-hydrogen) atoms. The van der Waals surface area contributed by atoms with E-state index in [-0.39, 0.29) is 0 Å². The molecule has 66 valence electrons. The van der Waals surface area contributed by atoms with Crippen molar-refractivity contribution in [3.63, 3.8) is 0 Å². The molecule has 0 aliphatic carbocycles. The molecule has 0 aliphatic rings. The van der Waals surface area contributed by atoms with Gasteiger partial charge >= 0.3 is 5.97 Å². The molecule has 1 rings (SSSR count). The average molecular weight is 170 g/mol. The minimum atomic E-state index is -0.869. The van der Waals surface area contributed by atoms with Gasteiger partial charge < -0.3 is 14.9 Å². The maximum absolute atomic E-state index is 10.4. The summed E-state index contributed by atoms with van der Waals surface area (Å²) >= 11 is 0. The van der Waals surface area contributed by atoms with E-state index in [1.54, 1.807) is 13.1 Å². The third-order valence-corrected chi connectivity index (χ3v) is 1.47. The van der Waals surface area contributed by atoms with Gasteiger partial charge in [0.2, 0.25) is 0 Å². The maximum atomic E-state index is 10.4. The Balaban J connectivity index is 2.31. The molecule has 2 N–H and O–H groups in total. The van der Waals surface area contributed by atoms with Gasteiger partial charge in [-0.25, -0.2) is 0 Å². The SMILES string of the molecule is C[C@H](NCc1cnoc1)C(=O)O. The van der Waals surface area contributed by atoms with Gasteiger partial charge in [-0.2, -0.15) is 0 Å². The van der Waals surface area contributed by atoms with Crippen LogP contribution in [0.15, 0.2) is 17.0 Å². The van der Waals surface area contributed by atoms with E-state index in [0.717, 1.165) is 5.56 Å². The van der Waals surface area contributed by atoms with Crippen molar-refractivity contribution in [2.45, 2.75) is 19.5 Å². The Labute approximate surface area is 69.4 Å². The highest BCUT2D eigenvalue weighted by molar-refractivity contribution is 5.72. The summed E-state index contributed by atoms with van der Waals surface area (Å²) in [4.78, 5) is 10.4. The molecule has 0 saturated carbocycles. The summed E-state index contributed by atoms with van der Waals surface area (Å²) in [5, 5.41) is 14.8. The number of carboxylic acids is 1. The molecule has 1 atom stereocenters. The number of nitrogens with zero attached hydrogens (tertiary/aromatic N) is 1. The highest BCUT2D eigenvalue weighted by Crippen LogP contribution is 1.95. The zero-order valence-corrected chi connectivity index (χ0v) is 6.65. The highest BCUT2D eigenvalue weighted by Gasteiger charge is 2.09. The molecule has 0 saturated heterocycles. The molecule has 0 spiro atoms. The van der Waals surface area contributed by atoms with E-state index >= 15 is 0 Å². The number of carbonyl (C=O) groups is 1. The molecule has 0 bridgehead atoms. The number of hydrogen-bond donors (Lipinski definition) is 2. The first-order chi connectivity index (χ1) is 5.70. The van der Waals surface area contributed by atoms with Gasteiger partial charge in [0, 0.05) is 12.1 Å². The Morgan fingerprint density at radius 3 is 3.17 bits per heavy atom.